The average Bonchev–Trinajstić information content (AvgIpc) is 2.48. The van der Waals surface area contributed by atoms with Gasteiger partial charge in [-0.05, 0) is 35.9 Å². The van der Waals surface area contributed by atoms with E-state index in [4.69, 9.17) is 4.42 Å². The minimum absolute atomic E-state index is 0.0433. The molecule has 0 radical (unpaired) electrons. The van der Waals surface area contributed by atoms with Gasteiger partial charge in [0.1, 0.15) is 11.2 Å². The molecule has 20 heavy (non-hydrogen) atoms. The van der Waals surface area contributed by atoms with E-state index < -0.39 is 0 Å². The summed E-state index contributed by atoms with van der Waals surface area (Å²) < 4.78 is 5.89. The highest BCUT2D eigenvalue weighted by molar-refractivity contribution is 6.08. The van der Waals surface area contributed by atoms with Crippen LogP contribution in [0.2, 0.25) is 0 Å². The first-order valence-electron chi connectivity index (χ1n) is 6.59. The highest BCUT2D eigenvalue weighted by Crippen LogP contribution is 2.26. The van der Waals surface area contributed by atoms with Gasteiger partial charge in [-0.1, -0.05) is 42.0 Å². The largest absolute Gasteiger partial charge is 0.456 e. The first kappa shape index (κ1) is 11.2. The summed E-state index contributed by atoms with van der Waals surface area (Å²) >= 11 is 0. The van der Waals surface area contributed by atoms with E-state index in [0.29, 0.717) is 21.9 Å². The maximum absolute atomic E-state index is 12.8. The summed E-state index contributed by atoms with van der Waals surface area (Å²) in [4.78, 5) is 12.8. The lowest BCUT2D eigenvalue weighted by molar-refractivity contribution is 0.660. The van der Waals surface area contributed by atoms with E-state index in [1.807, 2.05) is 61.5 Å². The molecule has 0 saturated heterocycles. The number of fused-ring (bicyclic) bond motifs is 4. The predicted molar refractivity (Wildman–Crippen MR) is 82.2 cm³/mol. The van der Waals surface area contributed by atoms with E-state index in [0.717, 1.165) is 16.3 Å². The van der Waals surface area contributed by atoms with E-state index >= 15 is 0 Å². The minimum Gasteiger partial charge on any atom is -0.456 e. The van der Waals surface area contributed by atoms with Gasteiger partial charge >= 0.3 is 0 Å². The molecule has 0 atom stereocenters. The zero-order chi connectivity index (χ0) is 13.7. The van der Waals surface area contributed by atoms with Gasteiger partial charge in [0.2, 0.25) is 5.43 Å². The summed E-state index contributed by atoms with van der Waals surface area (Å²) in [5.74, 6) is 0. The molecule has 0 bridgehead atoms. The third-order valence-electron chi connectivity index (χ3n) is 3.72. The van der Waals surface area contributed by atoms with Crippen molar-refractivity contribution in [1.82, 2.24) is 0 Å². The molecular weight excluding hydrogens is 248 g/mol. The van der Waals surface area contributed by atoms with Crippen LogP contribution in [0.1, 0.15) is 5.56 Å². The smallest absolute Gasteiger partial charge is 0.201 e. The molecule has 0 fully saturated rings. The molecule has 0 unspecified atom stereocenters. The van der Waals surface area contributed by atoms with E-state index in [2.05, 4.69) is 0 Å². The predicted octanol–water partition coefficient (Wildman–Crippen LogP) is 4.41. The lowest BCUT2D eigenvalue weighted by atomic mass is 10.0. The van der Waals surface area contributed by atoms with Gasteiger partial charge in [-0.3, -0.25) is 4.79 Å². The Morgan fingerprint density at radius 3 is 2.55 bits per heavy atom. The Morgan fingerprint density at radius 2 is 1.65 bits per heavy atom. The topological polar surface area (TPSA) is 30.2 Å². The highest BCUT2D eigenvalue weighted by atomic mass is 16.3. The Morgan fingerprint density at radius 1 is 0.850 bits per heavy atom. The lowest BCUT2D eigenvalue weighted by Gasteiger charge is -2.05. The van der Waals surface area contributed by atoms with Gasteiger partial charge in [0.05, 0.1) is 10.8 Å². The fourth-order valence-corrected chi connectivity index (χ4v) is 2.73. The zero-order valence-electron chi connectivity index (χ0n) is 11.0. The fraction of sp³-hybridized carbons (Fsp3) is 0.0556. The Bertz CT molecular complexity index is 1030. The summed E-state index contributed by atoms with van der Waals surface area (Å²) in [6, 6.07) is 17.5. The van der Waals surface area contributed by atoms with Gasteiger partial charge in [0, 0.05) is 0 Å². The van der Waals surface area contributed by atoms with Crippen LogP contribution in [0.3, 0.4) is 0 Å². The molecule has 96 valence electrons. The van der Waals surface area contributed by atoms with Crippen molar-refractivity contribution in [3.05, 3.63) is 70.4 Å². The maximum atomic E-state index is 12.8. The van der Waals surface area contributed by atoms with E-state index in [-0.39, 0.29) is 5.43 Å². The molecular formula is C18H12O2. The standard InChI is InChI=1S/C18H12O2/c1-11-6-8-15-14(10-11)18(19)17-13-5-3-2-4-12(13)7-9-16(17)20-15/h2-10H,1H3. The van der Waals surface area contributed by atoms with Gasteiger partial charge in [0.15, 0.2) is 0 Å². The molecule has 1 heterocycles. The van der Waals surface area contributed by atoms with Gasteiger partial charge < -0.3 is 4.42 Å². The molecule has 1 aromatic heterocycles. The first-order valence-corrected chi connectivity index (χ1v) is 6.59. The SMILES string of the molecule is Cc1ccc2oc3ccc4ccccc4c3c(=O)c2c1. The average molecular weight is 260 g/mol. The molecule has 0 aliphatic rings. The van der Waals surface area contributed by atoms with Crippen LogP contribution >= 0.6 is 0 Å². The van der Waals surface area contributed by atoms with Crippen molar-refractivity contribution in [2.75, 3.05) is 0 Å². The second-order valence-corrected chi connectivity index (χ2v) is 5.09. The Balaban J connectivity index is 2.34. The molecule has 0 saturated carbocycles. The summed E-state index contributed by atoms with van der Waals surface area (Å²) in [5, 5.41) is 3.32. The number of hydrogen-bond acceptors (Lipinski definition) is 2. The number of benzene rings is 3. The molecule has 4 aromatic rings. The van der Waals surface area contributed by atoms with Crippen molar-refractivity contribution in [2.45, 2.75) is 6.92 Å². The summed E-state index contributed by atoms with van der Waals surface area (Å²) in [7, 11) is 0. The minimum atomic E-state index is 0.0433. The maximum Gasteiger partial charge on any atom is 0.201 e. The van der Waals surface area contributed by atoms with Gasteiger partial charge in [0.25, 0.3) is 0 Å². The van der Waals surface area contributed by atoms with Crippen molar-refractivity contribution in [2.24, 2.45) is 0 Å². The van der Waals surface area contributed by atoms with E-state index in [1.54, 1.807) is 0 Å². The monoisotopic (exact) mass is 260 g/mol. The second kappa shape index (κ2) is 3.94. The van der Waals surface area contributed by atoms with Crippen LogP contribution in [0, 0.1) is 6.92 Å². The summed E-state index contributed by atoms with van der Waals surface area (Å²) in [6.45, 7) is 1.98. The third-order valence-corrected chi connectivity index (χ3v) is 3.72. The third kappa shape index (κ3) is 1.48. The van der Waals surface area contributed by atoms with Crippen molar-refractivity contribution in [3.63, 3.8) is 0 Å². The van der Waals surface area contributed by atoms with Crippen LogP contribution in [-0.2, 0) is 0 Å². The first-order chi connectivity index (χ1) is 9.74. The van der Waals surface area contributed by atoms with Crippen LogP contribution < -0.4 is 5.43 Å². The number of hydrogen-bond donors (Lipinski definition) is 0. The molecule has 3 aromatic carbocycles. The molecule has 0 aliphatic heterocycles. The molecule has 0 N–H and O–H groups in total. The van der Waals surface area contributed by atoms with Crippen molar-refractivity contribution in [3.8, 4) is 0 Å². The molecule has 2 heteroatoms. The molecule has 0 aliphatic carbocycles. The van der Waals surface area contributed by atoms with Crippen LogP contribution in [0.5, 0.6) is 0 Å². The normalized spacial score (nSPS) is 11.4. The van der Waals surface area contributed by atoms with Gasteiger partial charge in [-0.15, -0.1) is 0 Å². The molecule has 0 amide bonds. The zero-order valence-corrected chi connectivity index (χ0v) is 11.0. The summed E-state index contributed by atoms with van der Waals surface area (Å²) in [5.41, 5.74) is 2.39. The van der Waals surface area contributed by atoms with Crippen molar-refractivity contribution < 1.29 is 4.42 Å². The van der Waals surface area contributed by atoms with E-state index in [1.165, 1.54) is 0 Å². The Labute approximate surface area is 115 Å². The van der Waals surface area contributed by atoms with Crippen LogP contribution in [0.15, 0.2) is 63.8 Å². The Hall–Kier alpha value is -2.61. The van der Waals surface area contributed by atoms with Gasteiger partial charge in [-0.2, -0.15) is 0 Å². The Kier molecular flexibility index (Phi) is 2.21. The molecule has 4 rings (SSSR count). The van der Waals surface area contributed by atoms with Crippen LogP contribution in [-0.4, -0.2) is 0 Å². The molecule has 0 spiro atoms. The molecule has 2 nitrogen and oxygen atoms in total. The summed E-state index contributed by atoms with van der Waals surface area (Å²) in [6.07, 6.45) is 0. The number of aryl methyl sites for hydroxylation is 1. The van der Waals surface area contributed by atoms with Crippen LogP contribution in [0.4, 0.5) is 0 Å². The second-order valence-electron chi connectivity index (χ2n) is 5.09. The highest BCUT2D eigenvalue weighted by Gasteiger charge is 2.10. The van der Waals surface area contributed by atoms with Crippen molar-refractivity contribution >= 4 is 32.7 Å². The van der Waals surface area contributed by atoms with E-state index in [9.17, 15) is 4.79 Å². The fourth-order valence-electron chi connectivity index (χ4n) is 2.73. The number of rotatable bonds is 0. The van der Waals surface area contributed by atoms with Crippen molar-refractivity contribution in [1.29, 1.82) is 0 Å². The van der Waals surface area contributed by atoms with Crippen LogP contribution in [0.25, 0.3) is 32.7 Å². The van der Waals surface area contributed by atoms with Gasteiger partial charge in [-0.25, -0.2) is 0 Å². The lowest BCUT2D eigenvalue weighted by Crippen LogP contribution is -2.03. The quantitative estimate of drug-likeness (QED) is 0.346.